The molecule has 0 aliphatic carbocycles. The Kier molecular flexibility index (Phi) is 3.53. The van der Waals surface area contributed by atoms with Crippen LogP contribution in [0.2, 0.25) is 0 Å². The van der Waals surface area contributed by atoms with E-state index in [1.807, 2.05) is 6.07 Å². The molecule has 0 bridgehead atoms. The van der Waals surface area contributed by atoms with Gasteiger partial charge in [-0.05, 0) is 24.3 Å². The quantitative estimate of drug-likeness (QED) is 0.864. The summed E-state index contributed by atoms with van der Waals surface area (Å²) in [5, 5.41) is 17.7. The molecule has 6 heteroatoms. The summed E-state index contributed by atoms with van der Waals surface area (Å²) in [6, 6.07) is 7.39. The van der Waals surface area contributed by atoms with Crippen molar-refractivity contribution in [2.75, 3.05) is 11.6 Å². The second kappa shape index (κ2) is 5.10. The first kappa shape index (κ1) is 12.5. The number of benzene rings is 1. The number of carbonyl (C=O) groups excluding carboxylic acids is 1. The van der Waals surface area contributed by atoms with Crippen molar-refractivity contribution in [2.45, 2.75) is 6.04 Å². The van der Waals surface area contributed by atoms with Gasteiger partial charge in [-0.15, -0.1) is 11.8 Å². The summed E-state index contributed by atoms with van der Waals surface area (Å²) in [6.07, 6.45) is 0. The maximum absolute atomic E-state index is 12.1. The Hall–Kier alpha value is -2.00. The highest BCUT2D eigenvalue weighted by Crippen LogP contribution is 2.23. The van der Waals surface area contributed by atoms with Gasteiger partial charge in [-0.1, -0.05) is 0 Å². The third kappa shape index (κ3) is 2.31. The van der Waals surface area contributed by atoms with E-state index in [9.17, 15) is 9.59 Å². The van der Waals surface area contributed by atoms with Crippen LogP contribution in [-0.4, -0.2) is 39.6 Å². The Labute approximate surface area is 108 Å². The highest BCUT2D eigenvalue weighted by atomic mass is 32.2. The molecule has 92 valence electrons. The van der Waals surface area contributed by atoms with E-state index in [1.165, 1.54) is 16.7 Å². The largest absolute Gasteiger partial charge is 0.480 e. The maximum atomic E-state index is 12.1. The van der Waals surface area contributed by atoms with Crippen LogP contribution in [0.4, 0.5) is 0 Å². The molecule has 1 amide bonds. The zero-order valence-electron chi connectivity index (χ0n) is 9.37. The summed E-state index contributed by atoms with van der Waals surface area (Å²) < 4.78 is 0. The first-order valence-electron chi connectivity index (χ1n) is 5.25. The number of rotatable bonds is 2. The topological polar surface area (TPSA) is 81.4 Å². The minimum absolute atomic E-state index is 0.308. The molecule has 1 fully saturated rings. The van der Waals surface area contributed by atoms with Crippen LogP contribution in [0.3, 0.4) is 0 Å². The summed E-state index contributed by atoms with van der Waals surface area (Å²) >= 11 is 1.42. The Morgan fingerprint density at radius 1 is 1.39 bits per heavy atom. The molecule has 0 radical (unpaired) electrons. The normalized spacial score (nSPS) is 18.4. The third-order valence-electron chi connectivity index (χ3n) is 2.69. The lowest BCUT2D eigenvalue weighted by Crippen LogP contribution is -2.41. The minimum atomic E-state index is -0.984. The molecule has 1 saturated heterocycles. The van der Waals surface area contributed by atoms with Gasteiger partial charge >= 0.3 is 5.97 Å². The molecule has 1 aromatic carbocycles. The van der Waals surface area contributed by atoms with Gasteiger partial charge in [-0.2, -0.15) is 5.26 Å². The Bertz CT molecular complexity index is 521. The Morgan fingerprint density at radius 2 is 2.06 bits per heavy atom. The van der Waals surface area contributed by atoms with E-state index < -0.39 is 12.0 Å². The zero-order valence-corrected chi connectivity index (χ0v) is 10.2. The number of hydrogen-bond acceptors (Lipinski definition) is 4. The van der Waals surface area contributed by atoms with E-state index in [0.717, 1.165) is 0 Å². The number of hydrogen-bond donors (Lipinski definition) is 1. The van der Waals surface area contributed by atoms with E-state index in [2.05, 4.69) is 0 Å². The van der Waals surface area contributed by atoms with Crippen molar-refractivity contribution in [3.05, 3.63) is 35.4 Å². The SMILES string of the molecule is N#Cc1ccc(C(=O)N2CSCC2C(=O)O)cc1. The molecule has 0 spiro atoms. The fraction of sp³-hybridized carbons (Fsp3) is 0.250. The molecule has 1 heterocycles. The monoisotopic (exact) mass is 262 g/mol. The van der Waals surface area contributed by atoms with Gasteiger partial charge in [-0.25, -0.2) is 4.79 Å². The molecular formula is C12H10N2O3S. The molecule has 0 saturated carbocycles. The van der Waals surface area contributed by atoms with Gasteiger partial charge in [0.2, 0.25) is 0 Å². The second-order valence-corrected chi connectivity index (χ2v) is 4.82. The Balaban J connectivity index is 2.20. The number of carboxylic acids is 1. The van der Waals surface area contributed by atoms with Gasteiger partial charge in [0.25, 0.3) is 5.91 Å². The predicted molar refractivity (Wildman–Crippen MR) is 66.1 cm³/mol. The van der Waals surface area contributed by atoms with Crippen LogP contribution in [0.5, 0.6) is 0 Å². The fourth-order valence-electron chi connectivity index (χ4n) is 1.70. The lowest BCUT2D eigenvalue weighted by Gasteiger charge is -2.20. The van der Waals surface area contributed by atoms with Gasteiger partial charge in [-0.3, -0.25) is 4.79 Å². The number of carbonyl (C=O) groups is 2. The molecule has 0 aromatic heterocycles. The van der Waals surface area contributed by atoms with E-state index in [-0.39, 0.29) is 5.91 Å². The molecule has 1 N–H and O–H groups in total. The van der Waals surface area contributed by atoms with Gasteiger partial charge in [0.05, 0.1) is 17.5 Å². The number of thioether (sulfide) groups is 1. The fourth-order valence-corrected chi connectivity index (χ4v) is 2.85. The number of amides is 1. The van der Waals surface area contributed by atoms with Crippen LogP contribution in [0.25, 0.3) is 0 Å². The number of nitrogens with zero attached hydrogens (tertiary/aromatic N) is 2. The van der Waals surface area contributed by atoms with Crippen molar-refractivity contribution < 1.29 is 14.7 Å². The summed E-state index contributed by atoms with van der Waals surface area (Å²) in [6.45, 7) is 0. The summed E-state index contributed by atoms with van der Waals surface area (Å²) in [5.74, 6) is -0.494. The first-order valence-corrected chi connectivity index (χ1v) is 6.40. The summed E-state index contributed by atoms with van der Waals surface area (Å²) in [7, 11) is 0. The van der Waals surface area contributed by atoms with Crippen LogP contribution in [0.1, 0.15) is 15.9 Å². The second-order valence-electron chi connectivity index (χ2n) is 3.82. The standard InChI is InChI=1S/C12H10N2O3S/c13-5-8-1-3-9(4-2-8)11(15)14-7-18-6-10(14)12(16)17/h1-4,10H,6-7H2,(H,16,17). The molecule has 1 atom stereocenters. The highest BCUT2D eigenvalue weighted by molar-refractivity contribution is 7.99. The van der Waals surface area contributed by atoms with Crippen molar-refractivity contribution in [3.63, 3.8) is 0 Å². The van der Waals surface area contributed by atoms with Gasteiger partial charge < -0.3 is 10.0 Å². The lowest BCUT2D eigenvalue weighted by molar-refractivity contribution is -0.140. The minimum Gasteiger partial charge on any atom is -0.480 e. The maximum Gasteiger partial charge on any atom is 0.327 e. The Morgan fingerprint density at radius 3 is 2.61 bits per heavy atom. The van der Waals surface area contributed by atoms with Gasteiger partial charge in [0.1, 0.15) is 6.04 Å². The van der Waals surface area contributed by atoms with Gasteiger partial charge in [0.15, 0.2) is 0 Å². The molecule has 2 rings (SSSR count). The molecule has 1 aliphatic rings. The van der Waals surface area contributed by atoms with Crippen molar-refractivity contribution in [3.8, 4) is 6.07 Å². The van der Waals surface area contributed by atoms with Crippen LogP contribution >= 0.6 is 11.8 Å². The van der Waals surface area contributed by atoms with E-state index in [0.29, 0.717) is 22.8 Å². The first-order chi connectivity index (χ1) is 8.63. The highest BCUT2D eigenvalue weighted by Gasteiger charge is 2.34. The van der Waals surface area contributed by atoms with Crippen molar-refractivity contribution >= 4 is 23.6 Å². The third-order valence-corrected chi connectivity index (χ3v) is 3.70. The molecule has 18 heavy (non-hydrogen) atoms. The number of carboxylic acid groups (broad SMARTS) is 1. The van der Waals surface area contributed by atoms with Crippen LogP contribution < -0.4 is 0 Å². The summed E-state index contributed by atoms with van der Waals surface area (Å²) in [4.78, 5) is 24.5. The average molecular weight is 262 g/mol. The van der Waals surface area contributed by atoms with E-state index in [4.69, 9.17) is 10.4 Å². The van der Waals surface area contributed by atoms with Crippen molar-refractivity contribution in [1.29, 1.82) is 5.26 Å². The van der Waals surface area contributed by atoms with Gasteiger partial charge in [0, 0.05) is 11.3 Å². The molecule has 1 aliphatic heterocycles. The lowest BCUT2D eigenvalue weighted by atomic mass is 10.1. The smallest absolute Gasteiger partial charge is 0.327 e. The van der Waals surface area contributed by atoms with E-state index >= 15 is 0 Å². The molecule has 1 unspecified atom stereocenters. The van der Waals surface area contributed by atoms with Crippen LogP contribution in [-0.2, 0) is 4.79 Å². The number of aliphatic carboxylic acids is 1. The average Bonchev–Trinajstić information content (AvgIpc) is 2.87. The zero-order chi connectivity index (χ0) is 13.1. The van der Waals surface area contributed by atoms with Crippen molar-refractivity contribution in [2.24, 2.45) is 0 Å². The van der Waals surface area contributed by atoms with Crippen molar-refractivity contribution in [1.82, 2.24) is 4.90 Å². The molecule has 1 aromatic rings. The molecular weight excluding hydrogens is 252 g/mol. The molecule has 5 nitrogen and oxygen atoms in total. The van der Waals surface area contributed by atoms with Crippen LogP contribution in [0.15, 0.2) is 24.3 Å². The van der Waals surface area contributed by atoms with Crippen LogP contribution in [0, 0.1) is 11.3 Å². The van der Waals surface area contributed by atoms with E-state index in [1.54, 1.807) is 24.3 Å². The number of nitriles is 1. The summed E-state index contributed by atoms with van der Waals surface area (Å²) in [5.41, 5.74) is 0.875. The predicted octanol–water partition coefficient (Wildman–Crippen LogP) is 1.16.